The number of nitrogens with zero attached hydrogens (tertiary/aromatic N) is 2. The molecule has 0 aliphatic carbocycles. The van der Waals surface area contributed by atoms with Gasteiger partial charge in [-0.05, 0) is 30.5 Å². The van der Waals surface area contributed by atoms with Crippen LogP contribution in [0.3, 0.4) is 0 Å². The van der Waals surface area contributed by atoms with Crippen LogP contribution in [-0.4, -0.2) is 22.0 Å². The molecule has 2 aromatic carbocycles. The molecule has 1 saturated heterocycles. The molecule has 0 aromatic heterocycles. The summed E-state index contributed by atoms with van der Waals surface area (Å²) in [6.45, 7) is 1.88. The zero-order valence-corrected chi connectivity index (χ0v) is 14.7. The molecule has 2 aromatic rings. The molecule has 1 fully saturated rings. The summed E-state index contributed by atoms with van der Waals surface area (Å²) >= 11 is 1.43. The zero-order valence-electron chi connectivity index (χ0n) is 13.9. The summed E-state index contributed by atoms with van der Waals surface area (Å²) < 4.78 is 0. The molecule has 0 radical (unpaired) electrons. The second-order valence-corrected chi connectivity index (χ2v) is 6.87. The molecule has 0 saturated carbocycles. The van der Waals surface area contributed by atoms with Gasteiger partial charge in [0.25, 0.3) is 0 Å². The Morgan fingerprint density at radius 1 is 1.12 bits per heavy atom. The van der Waals surface area contributed by atoms with E-state index in [0.717, 1.165) is 16.8 Å². The minimum atomic E-state index is -0.156. The Kier molecular flexibility index (Phi) is 5.80. The van der Waals surface area contributed by atoms with Gasteiger partial charge in [0.1, 0.15) is 0 Å². The lowest BCUT2D eigenvalue weighted by Crippen LogP contribution is -2.25. The number of rotatable bonds is 5. The molecule has 5 heteroatoms. The Morgan fingerprint density at radius 2 is 1.80 bits per heavy atom. The number of amidine groups is 1. The minimum absolute atomic E-state index is 0.0136. The quantitative estimate of drug-likeness (QED) is 0.657. The normalized spacial score (nSPS) is 19.6. The van der Waals surface area contributed by atoms with Crippen LogP contribution in [0.1, 0.15) is 18.1 Å². The molecular formula is C20H19N3OS. The smallest absolute Gasteiger partial charge is 0.239 e. The van der Waals surface area contributed by atoms with Gasteiger partial charge in [-0.15, -0.1) is 5.10 Å². The monoisotopic (exact) mass is 349 g/mol. The Hall–Kier alpha value is -2.66. The molecular weight excluding hydrogens is 330 g/mol. The predicted octanol–water partition coefficient (Wildman–Crippen LogP) is 3.91. The Labute approximate surface area is 151 Å². The standard InChI is InChI=1S/C20H19N3OS/c1-15(12-13-16-8-4-2-5-9-16)22-23-20-21-19(24)18(25-20)14-17-10-6-3-7-11-17/h2-13,18H,14H2,1H3,(H,21,23,24)/b13-12+,22-15-/t18-/m1/s1. The number of carbonyl (C=O) groups is 1. The molecule has 1 heterocycles. The first-order valence-electron chi connectivity index (χ1n) is 8.07. The van der Waals surface area contributed by atoms with Crippen LogP contribution in [0, 0.1) is 0 Å². The second kappa shape index (κ2) is 8.44. The van der Waals surface area contributed by atoms with Gasteiger partial charge in [0.2, 0.25) is 5.91 Å². The highest BCUT2D eigenvalue weighted by atomic mass is 32.2. The van der Waals surface area contributed by atoms with Gasteiger partial charge in [-0.25, -0.2) is 0 Å². The van der Waals surface area contributed by atoms with Crippen molar-refractivity contribution < 1.29 is 4.79 Å². The van der Waals surface area contributed by atoms with Gasteiger partial charge in [0.05, 0.1) is 11.0 Å². The van der Waals surface area contributed by atoms with Gasteiger partial charge < -0.3 is 5.32 Å². The molecule has 3 rings (SSSR count). The number of allylic oxidation sites excluding steroid dienone is 1. The number of carbonyl (C=O) groups excluding carboxylic acids is 1. The predicted molar refractivity (Wildman–Crippen MR) is 106 cm³/mol. The highest BCUT2D eigenvalue weighted by Crippen LogP contribution is 2.23. The third-order valence-corrected chi connectivity index (χ3v) is 4.73. The van der Waals surface area contributed by atoms with Crippen LogP contribution in [0.25, 0.3) is 6.08 Å². The van der Waals surface area contributed by atoms with E-state index in [-0.39, 0.29) is 11.2 Å². The lowest BCUT2D eigenvalue weighted by Gasteiger charge is -2.04. The first-order valence-corrected chi connectivity index (χ1v) is 8.95. The van der Waals surface area contributed by atoms with E-state index >= 15 is 0 Å². The van der Waals surface area contributed by atoms with Crippen molar-refractivity contribution in [3.05, 3.63) is 77.9 Å². The summed E-state index contributed by atoms with van der Waals surface area (Å²) in [6, 6.07) is 20.0. The highest BCUT2D eigenvalue weighted by molar-refractivity contribution is 8.15. The molecule has 0 bridgehead atoms. The van der Waals surface area contributed by atoms with Crippen molar-refractivity contribution in [1.82, 2.24) is 5.32 Å². The van der Waals surface area contributed by atoms with Gasteiger partial charge in [-0.1, -0.05) is 78.5 Å². The maximum absolute atomic E-state index is 12.1. The molecule has 1 aliphatic heterocycles. The van der Waals surface area contributed by atoms with Crippen LogP contribution < -0.4 is 5.32 Å². The van der Waals surface area contributed by atoms with Gasteiger partial charge >= 0.3 is 0 Å². The number of hydrogen-bond acceptors (Lipinski definition) is 4. The van der Waals surface area contributed by atoms with E-state index in [1.807, 2.05) is 79.7 Å². The largest absolute Gasteiger partial charge is 0.303 e. The molecule has 0 unspecified atom stereocenters. The topological polar surface area (TPSA) is 53.8 Å². The summed E-state index contributed by atoms with van der Waals surface area (Å²) in [5, 5.41) is 11.5. The van der Waals surface area contributed by atoms with Crippen LogP contribution in [0.4, 0.5) is 0 Å². The van der Waals surface area contributed by atoms with Crippen LogP contribution in [0.5, 0.6) is 0 Å². The average Bonchev–Trinajstić information content (AvgIpc) is 2.99. The number of amides is 1. The van der Waals surface area contributed by atoms with Crippen LogP contribution in [0.2, 0.25) is 0 Å². The third kappa shape index (κ3) is 5.16. The van der Waals surface area contributed by atoms with E-state index in [4.69, 9.17) is 0 Å². The summed E-state index contributed by atoms with van der Waals surface area (Å²) in [7, 11) is 0. The molecule has 1 atom stereocenters. The van der Waals surface area contributed by atoms with E-state index in [1.54, 1.807) is 0 Å². The molecule has 1 N–H and O–H groups in total. The van der Waals surface area contributed by atoms with E-state index in [0.29, 0.717) is 11.6 Å². The van der Waals surface area contributed by atoms with Gasteiger partial charge in [-0.2, -0.15) is 5.10 Å². The summed E-state index contributed by atoms with van der Waals surface area (Å²) in [5.41, 5.74) is 3.02. The lowest BCUT2D eigenvalue weighted by atomic mass is 10.1. The lowest BCUT2D eigenvalue weighted by molar-refractivity contribution is -0.118. The SMILES string of the molecule is CC(/C=C/c1ccccc1)=N/N=C1\NC(=O)[C@@H](Cc2ccccc2)S1. The van der Waals surface area contributed by atoms with Crippen molar-refractivity contribution in [2.24, 2.45) is 10.2 Å². The van der Waals surface area contributed by atoms with Crippen LogP contribution >= 0.6 is 11.8 Å². The van der Waals surface area contributed by atoms with Crippen molar-refractivity contribution in [2.75, 3.05) is 0 Å². The summed E-state index contributed by atoms with van der Waals surface area (Å²) in [6.07, 6.45) is 4.58. The molecule has 1 aliphatic rings. The maximum Gasteiger partial charge on any atom is 0.239 e. The Balaban J connectivity index is 1.60. The number of hydrogen-bond donors (Lipinski definition) is 1. The van der Waals surface area contributed by atoms with Gasteiger partial charge in [0, 0.05) is 0 Å². The first kappa shape index (κ1) is 17.2. The number of nitrogens with one attached hydrogen (secondary N) is 1. The Morgan fingerprint density at radius 3 is 2.52 bits per heavy atom. The van der Waals surface area contributed by atoms with Gasteiger partial charge in [0.15, 0.2) is 5.17 Å². The van der Waals surface area contributed by atoms with Crippen molar-refractivity contribution in [3.8, 4) is 0 Å². The number of thioether (sulfide) groups is 1. The fourth-order valence-corrected chi connectivity index (χ4v) is 3.31. The summed E-state index contributed by atoms with van der Waals surface area (Å²) in [4.78, 5) is 12.1. The third-order valence-electron chi connectivity index (χ3n) is 3.66. The fourth-order valence-electron chi connectivity index (χ4n) is 2.35. The Bertz CT molecular complexity index is 813. The number of benzene rings is 2. The first-order chi connectivity index (χ1) is 12.2. The average molecular weight is 349 g/mol. The fraction of sp³-hybridized carbons (Fsp3) is 0.150. The summed E-state index contributed by atoms with van der Waals surface area (Å²) in [5.74, 6) is -0.0136. The van der Waals surface area contributed by atoms with Crippen molar-refractivity contribution in [3.63, 3.8) is 0 Å². The second-order valence-electron chi connectivity index (χ2n) is 5.68. The van der Waals surface area contributed by atoms with E-state index in [9.17, 15) is 4.79 Å². The molecule has 126 valence electrons. The zero-order chi connectivity index (χ0) is 17.5. The molecule has 0 spiro atoms. The van der Waals surface area contributed by atoms with Crippen LogP contribution in [-0.2, 0) is 11.2 Å². The molecule has 25 heavy (non-hydrogen) atoms. The maximum atomic E-state index is 12.1. The minimum Gasteiger partial charge on any atom is -0.303 e. The van der Waals surface area contributed by atoms with Crippen molar-refractivity contribution in [2.45, 2.75) is 18.6 Å². The van der Waals surface area contributed by atoms with E-state index in [1.165, 1.54) is 11.8 Å². The molecule has 4 nitrogen and oxygen atoms in total. The van der Waals surface area contributed by atoms with Crippen LogP contribution in [0.15, 0.2) is 76.9 Å². The van der Waals surface area contributed by atoms with Crippen molar-refractivity contribution >= 4 is 34.6 Å². The van der Waals surface area contributed by atoms with E-state index in [2.05, 4.69) is 15.5 Å². The van der Waals surface area contributed by atoms with E-state index < -0.39 is 0 Å². The van der Waals surface area contributed by atoms with Gasteiger partial charge in [-0.3, -0.25) is 4.79 Å². The van der Waals surface area contributed by atoms with Crippen molar-refractivity contribution in [1.29, 1.82) is 0 Å². The molecule has 1 amide bonds. The highest BCUT2D eigenvalue weighted by Gasteiger charge is 2.30.